The van der Waals surface area contributed by atoms with Crippen LogP contribution in [0.2, 0.25) is 0 Å². The minimum atomic E-state index is 0.444. The van der Waals surface area contributed by atoms with Crippen molar-refractivity contribution >= 4 is 10.9 Å². The number of hydrogen-bond donors (Lipinski definition) is 0. The predicted molar refractivity (Wildman–Crippen MR) is 51.2 cm³/mol. The molecule has 1 heterocycles. The summed E-state index contributed by atoms with van der Waals surface area (Å²) >= 11 is 0. The predicted octanol–water partition coefficient (Wildman–Crippen LogP) is 1.98. The highest BCUT2D eigenvalue weighted by atomic mass is 14.6. The van der Waals surface area contributed by atoms with Crippen molar-refractivity contribution in [3.8, 4) is 12.1 Å². The van der Waals surface area contributed by atoms with E-state index in [4.69, 9.17) is 10.5 Å². The lowest BCUT2D eigenvalue weighted by molar-refractivity contribution is 1.38. The number of aromatic nitrogens is 1. The van der Waals surface area contributed by atoms with Gasteiger partial charge in [0.2, 0.25) is 0 Å². The first kappa shape index (κ1) is 8.22. The molecule has 0 spiro atoms. The molecule has 0 amide bonds. The fourth-order valence-electron chi connectivity index (χ4n) is 1.34. The molecule has 1 aromatic carbocycles. The SMILES string of the molecule is N#Cc1cc(C#N)c2ncccc2c1. The van der Waals surface area contributed by atoms with Crippen LogP contribution in [-0.2, 0) is 0 Å². The maximum atomic E-state index is 8.86. The number of nitriles is 2. The van der Waals surface area contributed by atoms with Gasteiger partial charge >= 0.3 is 0 Å². The minimum Gasteiger partial charge on any atom is -0.255 e. The molecule has 1 aromatic heterocycles. The van der Waals surface area contributed by atoms with Crippen LogP contribution in [0, 0.1) is 22.7 Å². The normalized spacial score (nSPS) is 9.29. The Balaban J connectivity index is 2.90. The van der Waals surface area contributed by atoms with Crippen LogP contribution in [-0.4, -0.2) is 4.98 Å². The summed E-state index contributed by atoms with van der Waals surface area (Å²) in [6.07, 6.45) is 1.63. The summed E-state index contributed by atoms with van der Waals surface area (Å²) < 4.78 is 0. The second-order valence-corrected chi connectivity index (χ2v) is 2.82. The van der Waals surface area contributed by atoms with Gasteiger partial charge in [0.25, 0.3) is 0 Å². The van der Waals surface area contributed by atoms with Crippen molar-refractivity contribution in [3.05, 3.63) is 41.6 Å². The van der Waals surface area contributed by atoms with Gasteiger partial charge in [0.1, 0.15) is 6.07 Å². The van der Waals surface area contributed by atoms with E-state index in [1.165, 1.54) is 0 Å². The molecule has 2 aromatic rings. The largest absolute Gasteiger partial charge is 0.255 e. The monoisotopic (exact) mass is 179 g/mol. The van der Waals surface area contributed by atoms with Crippen LogP contribution >= 0.6 is 0 Å². The highest BCUT2D eigenvalue weighted by Crippen LogP contribution is 2.17. The van der Waals surface area contributed by atoms with Crippen LogP contribution in [0.4, 0.5) is 0 Å². The zero-order valence-electron chi connectivity index (χ0n) is 7.23. The molecule has 0 aliphatic rings. The quantitative estimate of drug-likeness (QED) is 0.621. The third-order valence-corrected chi connectivity index (χ3v) is 1.95. The van der Waals surface area contributed by atoms with Crippen molar-refractivity contribution in [3.63, 3.8) is 0 Å². The van der Waals surface area contributed by atoms with E-state index < -0.39 is 0 Å². The molecule has 0 aliphatic carbocycles. The molecule has 0 radical (unpaired) electrons. The van der Waals surface area contributed by atoms with Gasteiger partial charge in [0.15, 0.2) is 0 Å². The van der Waals surface area contributed by atoms with Gasteiger partial charge in [-0.2, -0.15) is 10.5 Å². The average molecular weight is 179 g/mol. The Morgan fingerprint density at radius 1 is 1.14 bits per heavy atom. The first-order valence-electron chi connectivity index (χ1n) is 4.04. The molecule has 14 heavy (non-hydrogen) atoms. The van der Waals surface area contributed by atoms with E-state index >= 15 is 0 Å². The van der Waals surface area contributed by atoms with Gasteiger partial charge in [0, 0.05) is 11.6 Å². The van der Waals surface area contributed by atoms with Gasteiger partial charge in [-0.15, -0.1) is 0 Å². The van der Waals surface area contributed by atoms with Crippen LogP contribution in [0.5, 0.6) is 0 Å². The first-order chi connectivity index (χ1) is 6.85. The van der Waals surface area contributed by atoms with Crippen LogP contribution in [0.1, 0.15) is 11.1 Å². The Kier molecular flexibility index (Phi) is 1.86. The summed E-state index contributed by atoms with van der Waals surface area (Å²) in [5.74, 6) is 0. The zero-order valence-corrected chi connectivity index (χ0v) is 7.23. The van der Waals surface area contributed by atoms with Gasteiger partial charge in [-0.05, 0) is 18.2 Å². The number of fused-ring (bicyclic) bond motifs is 1. The summed E-state index contributed by atoms with van der Waals surface area (Å²) in [7, 11) is 0. The lowest BCUT2D eigenvalue weighted by Crippen LogP contribution is -1.85. The molecule has 3 nitrogen and oxygen atoms in total. The number of hydrogen-bond acceptors (Lipinski definition) is 3. The highest BCUT2D eigenvalue weighted by molar-refractivity contribution is 5.85. The summed E-state index contributed by atoms with van der Waals surface area (Å²) in [5, 5.41) is 18.4. The lowest BCUT2D eigenvalue weighted by Gasteiger charge is -1.98. The van der Waals surface area contributed by atoms with Crippen molar-refractivity contribution in [1.82, 2.24) is 4.98 Å². The standard InChI is InChI=1S/C11H5N3/c12-6-8-4-9-2-1-3-14-11(9)10(5-8)7-13/h1-5H. The van der Waals surface area contributed by atoms with Crippen molar-refractivity contribution < 1.29 is 0 Å². The van der Waals surface area contributed by atoms with E-state index in [1.54, 1.807) is 24.4 Å². The van der Waals surface area contributed by atoms with E-state index in [0.717, 1.165) is 5.39 Å². The molecule has 0 saturated heterocycles. The van der Waals surface area contributed by atoms with Gasteiger partial charge in [-0.1, -0.05) is 6.07 Å². The van der Waals surface area contributed by atoms with Crippen molar-refractivity contribution in [1.29, 1.82) is 10.5 Å². The molecular weight excluding hydrogens is 174 g/mol. The third-order valence-electron chi connectivity index (χ3n) is 1.95. The van der Waals surface area contributed by atoms with E-state index in [9.17, 15) is 0 Å². The molecule has 0 atom stereocenters. The summed E-state index contributed by atoms with van der Waals surface area (Å²) in [6.45, 7) is 0. The molecule has 0 N–H and O–H groups in total. The average Bonchev–Trinajstić information content (AvgIpc) is 2.27. The first-order valence-corrected chi connectivity index (χ1v) is 4.04. The minimum absolute atomic E-state index is 0.444. The number of benzene rings is 1. The molecule has 0 fully saturated rings. The summed E-state index contributed by atoms with van der Waals surface area (Å²) in [5.41, 5.74) is 1.58. The molecule has 2 rings (SSSR count). The van der Waals surface area contributed by atoms with E-state index in [-0.39, 0.29) is 0 Å². The summed E-state index contributed by atoms with van der Waals surface area (Å²) in [4.78, 5) is 4.10. The van der Waals surface area contributed by atoms with Crippen LogP contribution in [0.25, 0.3) is 10.9 Å². The second-order valence-electron chi connectivity index (χ2n) is 2.82. The third kappa shape index (κ3) is 1.18. The Morgan fingerprint density at radius 3 is 2.71 bits per heavy atom. The number of pyridine rings is 1. The molecular formula is C11H5N3. The Bertz CT molecular complexity index is 573. The molecule has 0 aliphatic heterocycles. The van der Waals surface area contributed by atoms with Gasteiger partial charge in [0.05, 0.1) is 22.7 Å². The van der Waals surface area contributed by atoms with Crippen molar-refractivity contribution in [2.24, 2.45) is 0 Å². The van der Waals surface area contributed by atoms with Gasteiger partial charge in [-0.3, -0.25) is 4.98 Å². The molecule has 0 bridgehead atoms. The van der Waals surface area contributed by atoms with Crippen LogP contribution < -0.4 is 0 Å². The maximum Gasteiger partial charge on any atom is 0.101 e. The fourth-order valence-corrected chi connectivity index (χ4v) is 1.34. The van der Waals surface area contributed by atoms with E-state index in [2.05, 4.69) is 4.98 Å². The van der Waals surface area contributed by atoms with E-state index in [1.807, 2.05) is 18.2 Å². The van der Waals surface area contributed by atoms with Crippen LogP contribution in [0.3, 0.4) is 0 Å². The second kappa shape index (κ2) is 3.16. The number of rotatable bonds is 0. The fraction of sp³-hybridized carbons (Fsp3) is 0. The maximum absolute atomic E-state index is 8.86. The van der Waals surface area contributed by atoms with Gasteiger partial charge < -0.3 is 0 Å². The number of nitrogens with zero attached hydrogens (tertiary/aromatic N) is 3. The Labute approximate surface area is 80.8 Å². The summed E-state index contributed by atoms with van der Waals surface area (Å²) in [6, 6.07) is 10.9. The Morgan fingerprint density at radius 2 is 2.00 bits per heavy atom. The van der Waals surface area contributed by atoms with E-state index in [0.29, 0.717) is 16.6 Å². The lowest BCUT2D eigenvalue weighted by atomic mass is 10.1. The van der Waals surface area contributed by atoms with Crippen molar-refractivity contribution in [2.75, 3.05) is 0 Å². The Hall–Kier alpha value is -2.39. The smallest absolute Gasteiger partial charge is 0.101 e. The van der Waals surface area contributed by atoms with Gasteiger partial charge in [-0.25, -0.2) is 0 Å². The van der Waals surface area contributed by atoms with Crippen molar-refractivity contribution in [2.45, 2.75) is 0 Å². The molecule has 64 valence electrons. The highest BCUT2D eigenvalue weighted by Gasteiger charge is 2.03. The van der Waals surface area contributed by atoms with Crippen LogP contribution in [0.15, 0.2) is 30.5 Å². The zero-order chi connectivity index (χ0) is 9.97. The molecule has 3 heteroatoms. The molecule has 0 saturated carbocycles. The molecule has 0 unspecified atom stereocenters. The topological polar surface area (TPSA) is 60.5 Å².